The maximum absolute atomic E-state index is 13.5. The number of piperidine rings is 1. The van der Waals surface area contributed by atoms with Crippen LogP contribution >= 0.6 is 11.8 Å². The summed E-state index contributed by atoms with van der Waals surface area (Å²) < 4.78 is 48.9. The van der Waals surface area contributed by atoms with Crippen LogP contribution in [0.1, 0.15) is 35.4 Å². The highest BCUT2D eigenvalue weighted by atomic mass is 32.2. The van der Waals surface area contributed by atoms with Gasteiger partial charge in [0.1, 0.15) is 11.5 Å². The second-order valence-electron chi connectivity index (χ2n) is 10.4. The van der Waals surface area contributed by atoms with E-state index in [1.807, 2.05) is 6.07 Å². The van der Waals surface area contributed by atoms with Gasteiger partial charge in [-0.1, -0.05) is 18.9 Å². The summed E-state index contributed by atoms with van der Waals surface area (Å²) in [4.78, 5) is 14.7. The third kappa shape index (κ3) is 4.97. The number of pyridine rings is 1. The number of aromatic nitrogens is 4. The number of fused-ring (bicyclic) bond motifs is 2. The molecule has 13 heteroatoms. The molecule has 1 aliphatic carbocycles. The molecule has 6 rings (SSSR count). The Balaban J connectivity index is 1.22. The maximum Gasteiger partial charge on any atom is 0.446 e. The van der Waals surface area contributed by atoms with E-state index in [4.69, 9.17) is 4.74 Å². The summed E-state index contributed by atoms with van der Waals surface area (Å²) >= 11 is -0.226. The van der Waals surface area contributed by atoms with Crippen molar-refractivity contribution in [2.75, 3.05) is 45.2 Å². The van der Waals surface area contributed by atoms with E-state index >= 15 is 0 Å². The van der Waals surface area contributed by atoms with Crippen LogP contribution in [0.25, 0.3) is 5.52 Å². The summed E-state index contributed by atoms with van der Waals surface area (Å²) in [5, 5.41) is 15.0. The third-order valence-electron chi connectivity index (χ3n) is 7.98. The van der Waals surface area contributed by atoms with Crippen molar-refractivity contribution in [1.82, 2.24) is 29.6 Å². The van der Waals surface area contributed by atoms with Gasteiger partial charge in [0.2, 0.25) is 0 Å². The first-order valence-electron chi connectivity index (χ1n) is 12.8. The number of alkyl halides is 3. The Morgan fingerprint density at radius 1 is 1.33 bits per heavy atom. The number of halogens is 3. The molecule has 2 aliphatic heterocycles. The highest BCUT2D eigenvalue weighted by Gasteiger charge is 2.63. The van der Waals surface area contributed by atoms with Gasteiger partial charge in [-0.25, -0.2) is 4.52 Å². The molecule has 3 fully saturated rings. The van der Waals surface area contributed by atoms with E-state index in [9.17, 15) is 18.0 Å². The molecule has 0 bridgehead atoms. The van der Waals surface area contributed by atoms with E-state index in [0.717, 1.165) is 19.5 Å². The van der Waals surface area contributed by atoms with Crippen molar-refractivity contribution in [2.24, 2.45) is 11.8 Å². The summed E-state index contributed by atoms with van der Waals surface area (Å²) in [5.74, 6) is 6.71. The van der Waals surface area contributed by atoms with Gasteiger partial charge in [0.05, 0.1) is 48.0 Å². The van der Waals surface area contributed by atoms with E-state index in [-0.39, 0.29) is 46.4 Å². The third-order valence-corrected chi connectivity index (χ3v) is 8.82. The van der Waals surface area contributed by atoms with Gasteiger partial charge >= 0.3 is 5.51 Å². The van der Waals surface area contributed by atoms with Gasteiger partial charge < -0.3 is 20.3 Å². The number of carbonyl (C=O) groups excluding carboxylic acids is 1. The molecule has 3 aromatic heterocycles. The topological polar surface area (TPSA) is 88.7 Å². The molecule has 0 radical (unpaired) electrons. The first-order chi connectivity index (χ1) is 18.6. The number of carbonyl (C=O) groups is 1. The van der Waals surface area contributed by atoms with Gasteiger partial charge in [-0.3, -0.25) is 9.48 Å². The molecular weight excluding hydrogens is 531 g/mol. The first-order valence-corrected chi connectivity index (χ1v) is 13.6. The minimum atomic E-state index is -4.51. The Hall–Kier alpha value is -3.21. The molecule has 3 aromatic rings. The van der Waals surface area contributed by atoms with E-state index in [0.29, 0.717) is 41.9 Å². The quantitative estimate of drug-likeness (QED) is 0.354. The number of likely N-dealkylation sites (tertiary alicyclic amines) is 1. The van der Waals surface area contributed by atoms with Gasteiger partial charge in [-0.05, 0) is 55.1 Å². The lowest BCUT2D eigenvalue weighted by molar-refractivity contribution is -0.0328. The van der Waals surface area contributed by atoms with Crippen molar-refractivity contribution in [3.05, 3.63) is 41.9 Å². The van der Waals surface area contributed by atoms with Crippen molar-refractivity contribution in [3.63, 3.8) is 0 Å². The molecule has 9 nitrogen and oxygen atoms in total. The van der Waals surface area contributed by atoms with Crippen molar-refractivity contribution < 1.29 is 22.7 Å². The van der Waals surface area contributed by atoms with E-state index in [1.54, 1.807) is 23.0 Å². The molecule has 1 saturated carbocycles. The molecule has 2 saturated heterocycles. The first kappa shape index (κ1) is 26.0. The van der Waals surface area contributed by atoms with Crippen LogP contribution < -0.4 is 10.6 Å². The average Bonchev–Trinajstić information content (AvgIpc) is 3.19. The smallest absolute Gasteiger partial charge is 0.377 e. The Bertz CT molecular complexity index is 1470. The second kappa shape index (κ2) is 9.76. The molecule has 5 heterocycles. The van der Waals surface area contributed by atoms with Crippen LogP contribution in [0.2, 0.25) is 0 Å². The minimum absolute atomic E-state index is 0.0138. The van der Waals surface area contributed by atoms with Crippen molar-refractivity contribution in [3.8, 4) is 11.8 Å². The Morgan fingerprint density at radius 3 is 2.87 bits per heavy atom. The zero-order valence-electron chi connectivity index (χ0n) is 21.5. The van der Waals surface area contributed by atoms with Crippen LogP contribution in [-0.4, -0.2) is 81.1 Å². The summed E-state index contributed by atoms with van der Waals surface area (Å²) in [7, 11) is 2.11. The molecule has 3 aliphatic rings. The molecule has 3 unspecified atom stereocenters. The van der Waals surface area contributed by atoms with Crippen LogP contribution in [0.3, 0.4) is 0 Å². The maximum atomic E-state index is 13.5. The number of rotatable bonds is 6. The van der Waals surface area contributed by atoms with Crippen molar-refractivity contribution in [1.29, 1.82) is 0 Å². The van der Waals surface area contributed by atoms with Gasteiger partial charge in [-0.2, -0.15) is 23.4 Å². The lowest BCUT2D eigenvalue weighted by atomic mass is 10.0. The number of amides is 1. The van der Waals surface area contributed by atoms with Crippen LogP contribution in [0.15, 0.2) is 35.5 Å². The predicted molar refractivity (Wildman–Crippen MR) is 140 cm³/mol. The standard InChI is InChI=1S/C26H28F3N7O2S/c1-16-19-13-34(2)10-8-25(16,19)32-22-7-3-6-21-23(39-26(27,28)29)20(33-36(21)22)5-4-9-30-24(37)17-11-31-35(12-17)18-14-38-15-18/h3,6-7,11-12,16,18-19,32H,8-10,13-15H2,1-2H3,(H,30,37). The zero-order chi connectivity index (χ0) is 27.4. The molecule has 39 heavy (non-hydrogen) atoms. The Labute approximate surface area is 227 Å². The molecule has 3 atom stereocenters. The lowest BCUT2D eigenvalue weighted by Gasteiger charge is -2.30. The molecule has 0 aromatic carbocycles. The fraction of sp³-hybridized carbons (Fsp3) is 0.500. The Kier molecular flexibility index (Phi) is 6.52. The minimum Gasteiger partial charge on any atom is -0.377 e. The van der Waals surface area contributed by atoms with Crippen molar-refractivity contribution >= 4 is 29.0 Å². The SMILES string of the molecule is CC1C2CN(C)CCC12Nc1cccc2c(SC(F)(F)F)c(C#CCNC(=O)c3cnn(C4COC4)c3)nn12. The molecular formula is C26H28F3N7O2S. The number of nitrogens with zero attached hydrogens (tertiary/aromatic N) is 5. The van der Waals surface area contributed by atoms with Crippen LogP contribution in [0, 0.1) is 23.7 Å². The summed E-state index contributed by atoms with van der Waals surface area (Å²) in [6, 6.07) is 5.31. The largest absolute Gasteiger partial charge is 0.446 e. The number of nitrogens with one attached hydrogen (secondary N) is 2. The van der Waals surface area contributed by atoms with Gasteiger partial charge in [0, 0.05) is 24.8 Å². The van der Waals surface area contributed by atoms with Crippen LogP contribution in [0.5, 0.6) is 0 Å². The van der Waals surface area contributed by atoms with Crippen molar-refractivity contribution in [2.45, 2.75) is 35.3 Å². The Morgan fingerprint density at radius 2 is 2.15 bits per heavy atom. The number of hydrogen-bond acceptors (Lipinski definition) is 7. The summed E-state index contributed by atoms with van der Waals surface area (Å²) in [6.07, 6.45) is 4.06. The van der Waals surface area contributed by atoms with Crippen LogP contribution in [-0.2, 0) is 4.74 Å². The molecule has 2 N–H and O–H groups in total. The number of hydrogen-bond donors (Lipinski definition) is 2. The predicted octanol–water partition coefficient (Wildman–Crippen LogP) is 3.25. The van der Waals surface area contributed by atoms with E-state index in [1.165, 1.54) is 10.7 Å². The summed E-state index contributed by atoms with van der Waals surface area (Å²) in [5.41, 5.74) is -3.87. The van der Waals surface area contributed by atoms with Gasteiger partial charge in [0.25, 0.3) is 5.91 Å². The number of anilines is 1. The summed E-state index contributed by atoms with van der Waals surface area (Å²) in [6.45, 7) is 5.21. The number of thioether (sulfide) groups is 1. The lowest BCUT2D eigenvalue weighted by Crippen LogP contribution is -2.39. The highest BCUT2D eigenvalue weighted by Crippen LogP contribution is 2.57. The van der Waals surface area contributed by atoms with Crippen LogP contribution in [0.4, 0.5) is 19.0 Å². The molecule has 0 spiro atoms. The van der Waals surface area contributed by atoms with E-state index < -0.39 is 5.51 Å². The molecule has 1 amide bonds. The molecule has 206 valence electrons. The van der Waals surface area contributed by atoms with E-state index in [2.05, 4.69) is 51.5 Å². The monoisotopic (exact) mass is 559 g/mol. The normalized spacial score (nSPS) is 24.9. The fourth-order valence-corrected chi connectivity index (χ4v) is 6.28. The second-order valence-corrected chi connectivity index (χ2v) is 11.5. The number of ether oxygens (including phenoxy) is 1. The van der Waals surface area contributed by atoms with Gasteiger partial charge in [0.15, 0.2) is 0 Å². The highest BCUT2D eigenvalue weighted by molar-refractivity contribution is 8.00. The zero-order valence-corrected chi connectivity index (χ0v) is 22.3. The van der Waals surface area contributed by atoms with Gasteiger partial charge in [-0.15, -0.1) is 0 Å². The fourth-order valence-electron chi connectivity index (χ4n) is 5.60. The average molecular weight is 560 g/mol.